The van der Waals surface area contributed by atoms with Crippen molar-refractivity contribution in [2.75, 3.05) is 0 Å². The monoisotopic (exact) mass is 1440 g/mol. The fourth-order valence-electron chi connectivity index (χ4n) is 10.5. The summed E-state index contributed by atoms with van der Waals surface area (Å²) in [5.41, 5.74) is 32.5. The van der Waals surface area contributed by atoms with Crippen molar-refractivity contribution in [2.45, 2.75) is 111 Å². The topological polar surface area (TPSA) is 180 Å². The smallest absolute Gasteiger partial charge is 0.254 e. The summed E-state index contributed by atoms with van der Waals surface area (Å²) in [5.74, 6) is 0. The molecule has 2 aromatic carbocycles. The largest absolute Gasteiger partial charge is 2.00 e. The zero-order chi connectivity index (χ0) is 66.5. The summed E-state index contributed by atoms with van der Waals surface area (Å²) in [5, 5.41) is 3.76. The van der Waals surface area contributed by atoms with E-state index in [9.17, 15) is 0 Å². The Hall–Kier alpha value is -9.87. The molecule has 0 fully saturated rings. The Morgan fingerprint density at radius 3 is 0.448 bits per heavy atom. The third kappa shape index (κ3) is 15.4. The number of pyridine rings is 12. The van der Waals surface area contributed by atoms with Gasteiger partial charge in [-0.05, 0) is 252 Å². The van der Waals surface area contributed by atoms with E-state index in [-0.39, 0.29) is 39.0 Å². The molecule has 0 saturated heterocycles. The Labute approximate surface area is 587 Å². The van der Waals surface area contributed by atoms with Gasteiger partial charge in [-0.2, -0.15) is 0 Å². The van der Waals surface area contributed by atoms with E-state index in [2.05, 4.69) is 164 Å². The molecule has 13 heterocycles. The van der Waals surface area contributed by atoms with Crippen LogP contribution in [0.25, 0.3) is 111 Å². The van der Waals surface area contributed by atoms with Gasteiger partial charge >= 0.3 is 39.0 Å². The van der Waals surface area contributed by atoms with Crippen molar-refractivity contribution in [1.82, 2.24) is 69.8 Å². The van der Waals surface area contributed by atoms with Gasteiger partial charge in [0.15, 0.2) is 0 Å². The normalized spacial score (nSPS) is 10.8. The summed E-state index contributed by atoms with van der Waals surface area (Å²) >= 11 is 0. The first-order chi connectivity index (χ1) is 45.2. The van der Waals surface area contributed by atoms with Crippen molar-refractivity contribution in [3.05, 3.63) is 260 Å². The van der Waals surface area contributed by atoms with Gasteiger partial charge in [0, 0.05) is 91.9 Å². The van der Waals surface area contributed by atoms with Crippen LogP contribution in [0.15, 0.2) is 170 Å². The van der Waals surface area contributed by atoms with Crippen molar-refractivity contribution >= 4 is 65.7 Å². The fraction of sp³-hybridized carbons (Fsp3) is 0.200. The second-order valence-corrected chi connectivity index (χ2v) is 24.0. The zero-order valence-corrected chi connectivity index (χ0v) is 60.6. The molecule has 0 unspecified atom stereocenters. The molecule has 0 amide bonds. The molecule has 0 spiro atoms. The molecule has 0 atom stereocenters. The Balaban J connectivity index is 0.000000145. The maximum absolute atomic E-state index is 5.14. The molecule has 0 aliphatic rings. The number of nitrogens with zero attached hydrogens (tertiary/aromatic N) is 14. The van der Waals surface area contributed by atoms with E-state index >= 15 is 0 Å². The molecule has 15 aromatic rings. The second-order valence-electron chi connectivity index (χ2n) is 24.0. The minimum atomic E-state index is 0. The average molecular weight is 1440 g/mol. The van der Waals surface area contributed by atoms with Crippen LogP contribution in [0.2, 0.25) is 0 Å². The number of aryl methyl sites for hydroxylation is 16. The van der Waals surface area contributed by atoms with E-state index in [1.807, 2.05) is 152 Å². The molecule has 13 aromatic heterocycles. The van der Waals surface area contributed by atoms with Crippen LogP contribution in [-0.4, -0.2) is 69.8 Å². The fourth-order valence-corrected chi connectivity index (χ4v) is 10.5. The molecule has 0 aliphatic carbocycles. The molecule has 14 nitrogen and oxygen atoms in total. The van der Waals surface area contributed by atoms with E-state index in [1.165, 1.54) is 44.5 Å². The maximum atomic E-state index is 5.14. The summed E-state index contributed by atoms with van der Waals surface area (Å²) in [4.78, 5) is 65.1. The van der Waals surface area contributed by atoms with Gasteiger partial charge in [-0.1, -0.05) is 48.5 Å². The van der Waals surface area contributed by atoms with E-state index in [0.29, 0.717) is 0 Å². The van der Waals surface area contributed by atoms with Crippen molar-refractivity contribution < 1.29 is 39.0 Å². The molecular weight excluding hydrogens is 1360 g/mol. The Kier molecular flexibility index (Phi) is 22.5. The summed E-state index contributed by atoms with van der Waals surface area (Å²) in [6.45, 7) is 32.8. The Morgan fingerprint density at radius 1 is 0.167 bits per heavy atom. The van der Waals surface area contributed by atoms with Gasteiger partial charge in [-0.15, -0.1) is 0 Å². The van der Waals surface area contributed by atoms with E-state index in [0.717, 1.165) is 157 Å². The molecule has 0 N–H and O–H groups in total. The number of hydrogen-bond acceptors (Lipinski definition) is 14. The molecule has 0 bridgehead atoms. The van der Waals surface area contributed by atoms with Gasteiger partial charge in [0.1, 0.15) is 0 Å². The Bertz CT molecular complexity index is 4530. The van der Waals surface area contributed by atoms with Crippen LogP contribution in [0.1, 0.15) is 90.1 Å². The molecule has 0 aliphatic heterocycles. The van der Waals surface area contributed by atoms with Crippen LogP contribution in [0.3, 0.4) is 0 Å². The first-order valence-corrected chi connectivity index (χ1v) is 31.5. The van der Waals surface area contributed by atoms with Crippen molar-refractivity contribution in [2.24, 2.45) is 0 Å². The van der Waals surface area contributed by atoms with Gasteiger partial charge in [0.25, 0.3) is 0 Å². The van der Waals surface area contributed by atoms with Crippen LogP contribution in [0.5, 0.6) is 0 Å². The molecule has 96 heavy (non-hydrogen) atoms. The maximum Gasteiger partial charge on any atom is 2.00 e. The third-order valence-corrected chi connectivity index (χ3v) is 17.4. The first kappa shape index (κ1) is 70.4. The number of hydrogen-bond donors (Lipinski definition) is 0. The van der Waals surface area contributed by atoms with Crippen molar-refractivity contribution in [3.8, 4) is 45.6 Å². The SMILES string of the molecule is Cc1ccc(-c2ccc(C)c(C)n2)nc1C.Cc1ccc(-c2ccc(C)c(C)n2)nc1C.Cc1ccc(-c2ccc(C)c(C)n2)nc1C.Cc1ccc(-c2ccc(C)c(C)n2)nc1C.[Ru+2].[Ru+2].c1cnc2c(c1)c1nc3c4cccnc4c4ncccc4c3nc1c1cccnc12. The van der Waals surface area contributed by atoms with Gasteiger partial charge in [-0.25, -0.2) is 9.97 Å². The van der Waals surface area contributed by atoms with Crippen LogP contribution in [0, 0.1) is 111 Å². The molecule has 0 radical (unpaired) electrons. The quantitative estimate of drug-likeness (QED) is 0.0922. The summed E-state index contributed by atoms with van der Waals surface area (Å²) < 4.78 is 0. The van der Waals surface area contributed by atoms with Gasteiger partial charge < -0.3 is 0 Å². The van der Waals surface area contributed by atoms with Crippen molar-refractivity contribution in [1.29, 1.82) is 0 Å². The second kappa shape index (κ2) is 30.7. The van der Waals surface area contributed by atoms with Crippen LogP contribution < -0.4 is 0 Å². The Morgan fingerprint density at radius 2 is 0.312 bits per heavy atom. The average Bonchev–Trinajstić information content (AvgIpc) is 0.719. The third-order valence-electron chi connectivity index (χ3n) is 17.4. The minimum Gasteiger partial charge on any atom is -0.254 e. The van der Waals surface area contributed by atoms with Crippen LogP contribution >= 0.6 is 0 Å². The number of benzene rings is 2. The van der Waals surface area contributed by atoms with E-state index in [1.54, 1.807) is 24.8 Å². The predicted octanol–water partition coefficient (Wildman–Crippen LogP) is 18.5. The summed E-state index contributed by atoms with van der Waals surface area (Å²) in [7, 11) is 0. The number of aromatic nitrogens is 14. The molecule has 0 saturated carbocycles. The minimum absolute atomic E-state index is 0. The van der Waals surface area contributed by atoms with Crippen LogP contribution in [-0.2, 0) is 39.0 Å². The van der Waals surface area contributed by atoms with Crippen molar-refractivity contribution in [3.63, 3.8) is 0 Å². The van der Waals surface area contributed by atoms with Gasteiger partial charge in [0.05, 0.1) is 89.7 Å². The number of fused-ring (bicyclic) bond motifs is 12. The van der Waals surface area contributed by atoms with Gasteiger partial charge in [-0.3, -0.25) is 59.8 Å². The predicted molar refractivity (Wildman–Crippen MR) is 384 cm³/mol. The molecule has 478 valence electrons. The van der Waals surface area contributed by atoms with E-state index in [4.69, 9.17) is 9.97 Å². The standard InChI is InChI=1S/C24H12N6.4C14H16N2.2Ru/c1-5-13-17(25-9-1)18-14(6-2-10-26-18)22-21(13)29-23-15-7-3-11-27-19(15)20-16(24(23)30-22)8-4-12-28-20;4*1-9-5-7-13(15-11(9)3)14-8-6-10(2)12(4)16-14;;/h1-12H;4*5-8H,1-4H3;;/q;;;;;2*+2. The zero-order valence-electron chi connectivity index (χ0n) is 57.1. The van der Waals surface area contributed by atoms with Gasteiger partial charge in [0.2, 0.25) is 0 Å². The molecule has 16 heteroatoms. The summed E-state index contributed by atoms with van der Waals surface area (Å²) in [6.07, 6.45) is 7.15. The van der Waals surface area contributed by atoms with Crippen LogP contribution in [0.4, 0.5) is 0 Å². The first-order valence-electron chi connectivity index (χ1n) is 31.5. The van der Waals surface area contributed by atoms with E-state index < -0.39 is 0 Å². The molecule has 15 rings (SSSR count). The number of rotatable bonds is 4. The molecular formula is C80H76N14Ru2+4. The summed E-state index contributed by atoms with van der Waals surface area (Å²) in [6, 6.07) is 48.8.